The highest BCUT2D eigenvalue weighted by molar-refractivity contribution is 5.89. The zero-order chi connectivity index (χ0) is 10.6. The number of methoxy groups -OCH3 is 2. The van der Waals surface area contributed by atoms with Gasteiger partial charge in [0.15, 0.2) is 0 Å². The number of esters is 1. The number of ether oxygens (including phenoxy) is 2. The molecule has 0 radical (unpaired) electrons. The Bertz CT molecular complexity index is 319. The molecule has 78 valence electrons. The second kappa shape index (κ2) is 4.78. The summed E-state index contributed by atoms with van der Waals surface area (Å²) in [7, 11) is 2.85. The van der Waals surface area contributed by atoms with E-state index in [1.807, 2.05) is 0 Å². The van der Waals surface area contributed by atoms with Crippen molar-refractivity contribution >= 4 is 5.97 Å². The molecule has 1 aromatic heterocycles. The Kier molecular flexibility index (Phi) is 3.67. The van der Waals surface area contributed by atoms with Crippen LogP contribution in [-0.2, 0) is 22.8 Å². The zero-order valence-electron chi connectivity index (χ0n) is 8.19. The molecular weight excluding hydrogens is 186 g/mol. The monoisotopic (exact) mass is 199 g/mol. The minimum Gasteiger partial charge on any atom is -0.465 e. The number of aliphatic hydroxyl groups excluding tert-OH is 1. The van der Waals surface area contributed by atoms with E-state index in [0.717, 1.165) is 0 Å². The maximum absolute atomic E-state index is 11.1. The van der Waals surface area contributed by atoms with Gasteiger partial charge in [-0.25, -0.2) is 4.79 Å². The predicted octanol–water partition coefficient (Wildman–Crippen LogP) is 0.371. The summed E-state index contributed by atoms with van der Waals surface area (Å²) in [5.41, 5.74) is 1.03. The van der Waals surface area contributed by atoms with Crippen LogP contribution in [0.2, 0.25) is 0 Å². The van der Waals surface area contributed by atoms with Crippen LogP contribution in [0.1, 0.15) is 16.1 Å². The van der Waals surface area contributed by atoms with Crippen LogP contribution in [0.25, 0.3) is 0 Å². The molecule has 0 saturated carbocycles. The summed E-state index contributed by atoms with van der Waals surface area (Å²) in [4.78, 5) is 11.1. The topological polar surface area (TPSA) is 60.7 Å². The Morgan fingerprint density at radius 2 is 2.29 bits per heavy atom. The third kappa shape index (κ3) is 2.12. The van der Waals surface area contributed by atoms with Gasteiger partial charge >= 0.3 is 5.97 Å². The van der Waals surface area contributed by atoms with Crippen LogP contribution in [0.5, 0.6) is 0 Å². The van der Waals surface area contributed by atoms with Crippen LogP contribution in [0, 0.1) is 0 Å². The first-order valence-corrected chi connectivity index (χ1v) is 4.10. The summed E-state index contributed by atoms with van der Waals surface area (Å²) < 4.78 is 11.1. The van der Waals surface area contributed by atoms with Gasteiger partial charge < -0.3 is 19.1 Å². The number of carbonyl (C=O) groups excluding carboxylic acids is 1. The quantitative estimate of drug-likeness (QED) is 0.712. The smallest absolute Gasteiger partial charge is 0.339 e. The number of hydrogen-bond donors (Lipinski definition) is 1. The van der Waals surface area contributed by atoms with E-state index in [0.29, 0.717) is 18.0 Å². The summed E-state index contributed by atoms with van der Waals surface area (Å²) in [6, 6.07) is 1.57. The zero-order valence-corrected chi connectivity index (χ0v) is 8.19. The first-order chi connectivity index (χ1) is 6.72. The Morgan fingerprint density at radius 1 is 1.57 bits per heavy atom. The fourth-order valence-electron chi connectivity index (χ4n) is 1.18. The lowest BCUT2D eigenvalue weighted by Gasteiger charge is -2.03. The van der Waals surface area contributed by atoms with Crippen molar-refractivity contribution < 1.29 is 19.4 Å². The molecule has 1 rings (SSSR count). The van der Waals surface area contributed by atoms with Crippen molar-refractivity contribution in [3.05, 3.63) is 23.5 Å². The second-order valence-corrected chi connectivity index (χ2v) is 2.76. The molecule has 0 aliphatic rings. The summed E-state index contributed by atoms with van der Waals surface area (Å²) >= 11 is 0. The van der Waals surface area contributed by atoms with E-state index < -0.39 is 5.97 Å². The van der Waals surface area contributed by atoms with Gasteiger partial charge in [-0.05, 0) is 6.07 Å². The normalized spacial score (nSPS) is 10.2. The van der Waals surface area contributed by atoms with E-state index in [4.69, 9.17) is 9.84 Å². The molecule has 0 atom stereocenters. The van der Waals surface area contributed by atoms with Crippen molar-refractivity contribution in [3.8, 4) is 0 Å². The second-order valence-electron chi connectivity index (χ2n) is 2.76. The number of carbonyl (C=O) groups is 1. The van der Waals surface area contributed by atoms with Crippen molar-refractivity contribution in [2.45, 2.75) is 13.3 Å². The molecule has 0 aromatic carbocycles. The highest BCUT2D eigenvalue weighted by Gasteiger charge is 2.11. The lowest BCUT2D eigenvalue weighted by Crippen LogP contribution is -2.03. The number of hydrogen-bond acceptors (Lipinski definition) is 4. The molecule has 0 aliphatic heterocycles. The van der Waals surface area contributed by atoms with E-state index in [1.54, 1.807) is 23.9 Å². The molecule has 0 fully saturated rings. The molecule has 1 aromatic rings. The van der Waals surface area contributed by atoms with Crippen molar-refractivity contribution in [2.75, 3.05) is 14.2 Å². The van der Waals surface area contributed by atoms with Crippen LogP contribution in [0.15, 0.2) is 12.3 Å². The third-order valence-electron chi connectivity index (χ3n) is 1.84. The summed E-state index contributed by atoms with van der Waals surface area (Å²) in [5, 5.41) is 8.98. The molecule has 5 nitrogen and oxygen atoms in total. The standard InChI is InChI=1S/C9H13NO4/c1-13-6-10-4-7(9(12)14-2)3-8(10)5-11/h3-4,11H,5-6H2,1-2H3. The van der Waals surface area contributed by atoms with Gasteiger partial charge in [-0.1, -0.05) is 0 Å². The molecular formula is C9H13NO4. The largest absolute Gasteiger partial charge is 0.465 e. The number of aliphatic hydroxyl groups is 1. The molecule has 0 saturated heterocycles. The Morgan fingerprint density at radius 3 is 2.79 bits per heavy atom. The van der Waals surface area contributed by atoms with Crippen LogP contribution < -0.4 is 0 Å². The molecule has 0 spiro atoms. The highest BCUT2D eigenvalue weighted by atomic mass is 16.5. The lowest BCUT2D eigenvalue weighted by atomic mass is 10.3. The van der Waals surface area contributed by atoms with E-state index >= 15 is 0 Å². The Balaban J connectivity index is 2.94. The molecule has 0 unspecified atom stereocenters. The van der Waals surface area contributed by atoms with Crippen molar-refractivity contribution in [1.29, 1.82) is 0 Å². The van der Waals surface area contributed by atoms with E-state index in [9.17, 15) is 4.79 Å². The van der Waals surface area contributed by atoms with E-state index in [1.165, 1.54) is 7.11 Å². The third-order valence-corrected chi connectivity index (χ3v) is 1.84. The molecule has 5 heteroatoms. The van der Waals surface area contributed by atoms with Gasteiger partial charge in [-0.2, -0.15) is 0 Å². The first kappa shape index (κ1) is 10.7. The number of nitrogens with zero attached hydrogens (tertiary/aromatic N) is 1. The van der Waals surface area contributed by atoms with Gasteiger partial charge in [0.05, 0.1) is 19.3 Å². The molecule has 0 aliphatic carbocycles. The van der Waals surface area contributed by atoms with Gasteiger partial charge in [0.2, 0.25) is 0 Å². The molecule has 14 heavy (non-hydrogen) atoms. The SMILES string of the molecule is COCn1cc(C(=O)OC)cc1CO. The van der Waals surface area contributed by atoms with Crippen LogP contribution in [-0.4, -0.2) is 29.9 Å². The van der Waals surface area contributed by atoms with Crippen LogP contribution >= 0.6 is 0 Å². The molecule has 0 amide bonds. The molecule has 0 bridgehead atoms. The van der Waals surface area contributed by atoms with Crippen LogP contribution in [0.3, 0.4) is 0 Å². The maximum Gasteiger partial charge on any atom is 0.339 e. The van der Waals surface area contributed by atoms with Gasteiger partial charge in [0.25, 0.3) is 0 Å². The summed E-state index contributed by atoms with van der Waals surface area (Å²) in [6.45, 7) is 0.160. The van der Waals surface area contributed by atoms with Gasteiger partial charge in [0, 0.05) is 19.0 Å². The minimum absolute atomic E-state index is 0.139. The summed E-state index contributed by atoms with van der Waals surface area (Å²) in [6.07, 6.45) is 1.58. The average molecular weight is 199 g/mol. The average Bonchev–Trinajstić information content (AvgIpc) is 2.60. The van der Waals surface area contributed by atoms with E-state index in [2.05, 4.69) is 4.74 Å². The number of rotatable bonds is 4. The predicted molar refractivity (Wildman–Crippen MR) is 48.7 cm³/mol. The highest BCUT2D eigenvalue weighted by Crippen LogP contribution is 2.10. The fourth-order valence-corrected chi connectivity index (χ4v) is 1.18. The molecule has 1 N–H and O–H groups in total. The molecule has 1 heterocycles. The Labute approximate surface area is 81.9 Å². The number of aromatic nitrogens is 1. The van der Waals surface area contributed by atoms with Crippen molar-refractivity contribution in [1.82, 2.24) is 4.57 Å². The van der Waals surface area contributed by atoms with Gasteiger partial charge in [-0.3, -0.25) is 0 Å². The minimum atomic E-state index is -0.422. The lowest BCUT2D eigenvalue weighted by molar-refractivity contribution is 0.0600. The van der Waals surface area contributed by atoms with Crippen LogP contribution in [0.4, 0.5) is 0 Å². The first-order valence-electron chi connectivity index (χ1n) is 4.10. The van der Waals surface area contributed by atoms with Gasteiger partial charge in [-0.15, -0.1) is 0 Å². The fraction of sp³-hybridized carbons (Fsp3) is 0.444. The van der Waals surface area contributed by atoms with Crippen molar-refractivity contribution in [3.63, 3.8) is 0 Å². The Hall–Kier alpha value is -1.33. The summed E-state index contributed by atoms with van der Waals surface area (Å²) in [5.74, 6) is -0.422. The maximum atomic E-state index is 11.1. The van der Waals surface area contributed by atoms with Gasteiger partial charge in [0.1, 0.15) is 6.73 Å². The van der Waals surface area contributed by atoms with E-state index in [-0.39, 0.29) is 6.61 Å². The van der Waals surface area contributed by atoms with Crippen molar-refractivity contribution in [2.24, 2.45) is 0 Å².